The van der Waals surface area contributed by atoms with Crippen molar-refractivity contribution in [2.75, 3.05) is 27.2 Å². The molecule has 2 heterocycles. The smallest absolute Gasteiger partial charge is 0.373 e. The van der Waals surface area contributed by atoms with Crippen molar-refractivity contribution in [2.24, 2.45) is 5.92 Å². The third-order valence-corrected chi connectivity index (χ3v) is 11.4. The number of rotatable bonds is 10. The first-order valence-electron chi connectivity index (χ1n) is 19.8. The molecule has 2 fully saturated rings. The van der Waals surface area contributed by atoms with E-state index in [1.807, 2.05) is 0 Å². The van der Waals surface area contributed by atoms with Crippen LogP contribution < -0.4 is 21.3 Å². The minimum atomic E-state index is -5.57. The van der Waals surface area contributed by atoms with Gasteiger partial charge in [-0.15, -0.1) is 0 Å². The Morgan fingerprint density at radius 1 is 1.05 bits per heavy atom. The van der Waals surface area contributed by atoms with E-state index in [1.54, 1.807) is 13.8 Å². The number of benzene rings is 1. The molecule has 0 unspecified atom stereocenters. The maximum atomic E-state index is 14.6. The van der Waals surface area contributed by atoms with E-state index in [2.05, 4.69) is 21.3 Å². The summed E-state index contributed by atoms with van der Waals surface area (Å²) >= 11 is 12.6. The Morgan fingerprint density at radius 2 is 1.69 bits per heavy atom. The maximum Gasteiger partial charge on any atom is 0.426 e. The molecule has 15 nitrogen and oxygen atoms in total. The lowest BCUT2D eigenvalue weighted by Crippen LogP contribution is -2.61. The monoisotopic (exact) mass is 913 g/mol. The molecule has 0 aliphatic carbocycles. The Bertz CT molecular complexity index is 1820. The van der Waals surface area contributed by atoms with E-state index in [0.717, 1.165) is 9.80 Å². The van der Waals surface area contributed by atoms with Gasteiger partial charge in [0.2, 0.25) is 41.0 Å². The molecule has 0 spiro atoms. The number of hydrogen-bond acceptors (Lipinski definition) is 8. The molecular weight excluding hydrogens is 860 g/mol. The van der Waals surface area contributed by atoms with Gasteiger partial charge in [0.25, 0.3) is 11.8 Å². The summed E-state index contributed by atoms with van der Waals surface area (Å²) in [6.07, 6.45) is -6.78. The number of carbonyl (C=O) groups excluding carboxylic acids is 7. The molecule has 2 saturated heterocycles. The summed E-state index contributed by atoms with van der Waals surface area (Å²) in [4.78, 5) is 97.6. The van der Waals surface area contributed by atoms with E-state index in [1.165, 1.54) is 46.1 Å². The van der Waals surface area contributed by atoms with Gasteiger partial charge >= 0.3 is 6.18 Å². The molecule has 0 radical (unpaired) electrons. The van der Waals surface area contributed by atoms with Crippen molar-refractivity contribution < 1.29 is 60.6 Å². The van der Waals surface area contributed by atoms with Crippen LogP contribution in [0.5, 0.6) is 0 Å². The van der Waals surface area contributed by atoms with Crippen molar-refractivity contribution in [3.63, 3.8) is 0 Å². The van der Waals surface area contributed by atoms with Gasteiger partial charge < -0.3 is 41.1 Å². The van der Waals surface area contributed by atoms with E-state index in [0.29, 0.717) is 10.6 Å². The zero-order valence-electron chi connectivity index (χ0n) is 34.9. The first-order valence-corrected chi connectivity index (χ1v) is 20.5. The third kappa shape index (κ3) is 12.9. The van der Waals surface area contributed by atoms with Gasteiger partial charge in [-0.2, -0.15) is 13.2 Å². The molecule has 7 atom stereocenters. The fourth-order valence-electron chi connectivity index (χ4n) is 7.05. The zero-order valence-corrected chi connectivity index (χ0v) is 36.4. The van der Waals surface area contributed by atoms with E-state index in [-0.39, 0.29) is 67.8 Å². The van der Waals surface area contributed by atoms with Gasteiger partial charge in [-0.25, -0.2) is 8.78 Å². The number of likely N-dealkylation sites (tertiary alicyclic amines) is 1. The molecule has 0 saturated carbocycles. The highest BCUT2D eigenvalue weighted by molar-refractivity contribution is 6.33. The van der Waals surface area contributed by atoms with Gasteiger partial charge in [-0.3, -0.25) is 33.6 Å². The molecular formula is C39H54Cl2F5N7O8. The van der Waals surface area contributed by atoms with Gasteiger partial charge in [-0.05, 0) is 75.6 Å². The van der Waals surface area contributed by atoms with Crippen molar-refractivity contribution >= 4 is 64.6 Å². The molecule has 1 aromatic rings. The minimum absolute atomic E-state index is 0.0431. The van der Waals surface area contributed by atoms with Crippen LogP contribution in [0.25, 0.3) is 0 Å². The van der Waals surface area contributed by atoms with Crippen LogP contribution in [0.15, 0.2) is 18.2 Å². The fraction of sp³-hybridized carbons (Fsp3) is 0.667. The Morgan fingerprint density at radius 3 is 2.28 bits per heavy atom. The average molecular weight is 915 g/mol. The molecule has 2 aliphatic rings. The molecule has 0 bridgehead atoms. The quantitative estimate of drug-likeness (QED) is 0.221. The van der Waals surface area contributed by atoms with Gasteiger partial charge in [0.1, 0.15) is 36.3 Å². The summed E-state index contributed by atoms with van der Waals surface area (Å²) in [6.45, 7) is 5.03. The van der Waals surface area contributed by atoms with Crippen molar-refractivity contribution in [3.05, 3.63) is 33.8 Å². The van der Waals surface area contributed by atoms with E-state index >= 15 is 0 Å². The van der Waals surface area contributed by atoms with Crippen LogP contribution in [0.4, 0.5) is 22.0 Å². The summed E-state index contributed by atoms with van der Waals surface area (Å²) in [5.74, 6) is -11.3. The van der Waals surface area contributed by atoms with E-state index < -0.39 is 108 Å². The molecule has 2 aliphatic heterocycles. The molecule has 22 heteroatoms. The van der Waals surface area contributed by atoms with Crippen LogP contribution in [-0.4, -0.2) is 142 Å². The highest BCUT2D eigenvalue weighted by Crippen LogP contribution is 2.38. The topological polar surface area (TPSA) is 198 Å². The normalized spacial score (nSPS) is 25.0. The molecule has 0 aromatic heterocycles. The van der Waals surface area contributed by atoms with Gasteiger partial charge in [0.05, 0.1) is 6.54 Å². The van der Waals surface area contributed by atoms with Crippen LogP contribution in [-0.2, 0) is 40.0 Å². The number of alkyl halides is 5. The molecule has 342 valence electrons. The SMILES string of the molecule is CC[C@H](NC(=O)[C@@H]1CC(F)(F)CN1C(=O)[C@@](C)(O)C(F)(F)F)C(=O)N(C)[C@H]1CCCCNC(=O)[C@@H](C)NC(=O)[C@H](Cc2cc(Cl)ccc2Cl)N(C)C(=O)[C@H](CC(C)C)NC1=O. The van der Waals surface area contributed by atoms with Crippen molar-refractivity contribution in [1.29, 1.82) is 0 Å². The first kappa shape index (κ1) is 51.1. The van der Waals surface area contributed by atoms with Crippen molar-refractivity contribution in [2.45, 2.75) is 134 Å². The molecule has 61 heavy (non-hydrogen) atoms. The standard InChI is InChI=1S/C39H54Cl2F5N7O8/c1-8-25(49-33(57)29-18-38(42,43)19-53(29)36(60)37(5,61)39(44,45)46)34(58)51(6)27-11-9-10-14-47-30(54)21(4)48-32(56)28(17-22-16-23(40)12-13-24(22)41)52(7)35(59)26(15-20(2)3)50-31(27)55/h12-13,16,20-21,25-29,61H,8-11,14-15,17-19H2,1-7H3,(H,47,54)(H,48,56)(H,49,57)(H,50,55)/t21-,25+,26+,27+,28+,29+,37-/m1/s1. The number of aliphatic hydroxyl groups is 1. The number of hydrogen-bond donors (Lipinski definition) is 5. The number of likely N-dealkylation sites (N-methyl/N-ethyl adjacent to an activating group) is 2. The van der Waals surface area contributed by atoms with Gasteiger partial charge in [0, 0.05) is 43.5 Å². The lowest BCUT2D eigenvalue weighted by atomic mass is 9.98. The van der Waals surface area contributed by atoms with E-state index in [9.17, 15) is 60.6 Å². The Kier molecular flexibility index (Phi) is 17.3. The molecule has 5 N–H and O–H groups in total. The third-order valence-electron chi connectivity index (χ3n) is 10.8. The summed E-state index contributed by atoms with van der Waals surface area (Å²) in [5, 5.41) is 20.8. The summed E-state index contributed by atoms with van der Waals surface area (Å²) in [7, 11) is 2.57. The zero-order chi connectivity index (χ0) is 46.4. The van der Waals surface area contributed by atoms with Crippen LogP contribution in [0.3, 0.4) is 0 Å². The van der Waals surface area contributed by atoms with E-state index in [4.69, 9.17) is 23.2 Å². The second kappa shape index (κ2) is 20.7. The summed E-state index contributed by atoms with van der Waals surface area (Å²) < 4.78 is 69.6. The Hall–Kier alpha value is -4.30. The van der Waals surface area contributed by atoms with Crippen molar-refractivity contribution in [1.82, 2.24) is 36.0 Å². The molecule has 7 amide bonds. The van der Waals surface area contributed by atoms with Crippen LogP contribution in [0.2, 0.25) is 10.0 Å². The predicted molar refractivity (Wildman–Crippen MR) is 213 cm³/mol. The minimum Gasteiger partial charge on any atom is -0.373 e. The second-order valence-electron chi connectivity index (χ2n) is 16.1. The number of halogens is 7. The van der Waals surface area contributed by atoms with Crippen LogP contribution in [0, 0.1) is 5.92 Å². The van der Waals surface area contributed by atoms with Gasteiger partial charge in [-0.1, -0.05) is 44.0 Å². The lowest BCUT2D eigenvalue weighted by Gasteiger charge is -2.35. The Labute approximate surface area is 360 Å². The van der Waals surface area contributed by atoms with Crippen molar-refractivity contribution in [3.8, 4) is 0 Å². The average Bonchev–Trinajstić information content (AvgIpc) is 3.50. The second-order valence-corrected chi connectivity index (χ2v) is 17.0. The highest BCUT2D eigenvalue weighted by atomic mass is 35.5. The number of nitrogens with one attached hydrogen (secondary N) is 4. The van der Waals surface area contributed by atoms with Gasteiger partial charge in [0.15, 0.2) is 0 Å². The predicted octanol–water partition coefficient (Wildman–Crippen LogP) is 2.97. The lowest BCUT2D eigenvalue weighted by molar-refractivity contribution is -0.250. The van der Waals surface area contributed by atoms with Crippen LogP contribution in [0.1, 0.15) is 78.7 Å². The largest absolute Gasteiger partial charge is 0.426 e. The molecule has 1 aromatic carbocycles. The maximum absolute atomic E-state index is 14.6. The summed E-state index contributed by atoms with van der Waals surface area (Å²) in [6, 6.07) is -4.06. The number of nitrogens with zero attached hydrogens (tertiary/aromatic N) is 3. The Balaban J connectivity index is 1.96. The van der Waals surface area contributed by atoms with Crippen LogP contribution >= 0.6 is 23.2 Å². The fourth-order valence-corrected chi connectivity index (χ4v) is 7.44. The first-order chi connectivity index (χ1) is 28.1. The number of carbonyl (C=O) groups is 7. The molecule has 3 rings (SSSR count). The number of amides is 7. The summed E-state index contributed by atoms with van der Waals surface area (Å²) in [5.41, 5.74) is -3.69. The highest BCUT2D eigenvalue weighted by Gasteiger charge is 2.61.